The van der Waals surface area contributed by atoms with Gasteiger partial charge in [-0.25, -0.2) is 0 Å². The second-order valence-electron chi connectivity index (χ2n) is 7.83. The van der Waals surface area contributed by atoms with Crippen LogP contribution in [0, 0.1) is 0 Å². The lowest BCUT2D eigenvalue weighted by Gasteiger charge is -2.21. The fourth-order valence-electron chi connectivity index (χ4n) is 3.31. The Morgan fingerprint density at radius 2 is 1.56 bits per heavy atom. The highest BCUT2D eigenvalue weighted by Gasteiger charge is 2.18. The van der Waals surface area contributed by atoms with Gasteiger partial charge in [-0.2, -0.15) is 0 Å². The van der Waals surface area contributed by atoms with Crippen LogP contribution in [0.4, 0.5) is 5.69 Å². The number of amides is 1. The third-order valence-electron chi connectivity index (χ3n) is 4.76. The normalized spacial score (nSPS) is 12.3. The Balaban J connectivity index is 2.06. The number of carbonyl (C=O) groups is 1. The topological polar surface area (TPSA) is 42.8 Å². The maximum atomic E-state index is 12.7. The van der Waals surface area contributed by atoms with Gasteiger partial charge in [-0.3, -0.25) is 4.79 Å². The summed E-state index contributed by atoms with van der Waals surface area (Å²) in [6, 6.07) is 14.3. The van der Waals surface area contributed by atoms with Gasteiger partial charge < -0.3 is 15.0 Å². The quantitative estimate of drug-likeness (QED) is 0.747. The molecule has 27 heavy (non-hydrogen) atoms. The summed E-state index contributed by atoms with van der Waals surface area (Å²) >= 11 is 0. The van der Waals surface area contributed by atoms with E-state index in [9.17, 15) is 4.79 Å². The summed E-state index contributed by atoms with van der Waals surface area (Å²) in [4.78, 5) is 13.9. The zero-order valence-corrected chi connectivity index (χ0v) is 17.4. The maximum Gasteiger partial charge on any atom is 0.279 e. The van der Waals surface area contributed by atoms with E-state index in [1.165, 1.54) is 16.7 Å². The van der Waals surface area contributed by atoms with E-state index >= 15 is 0 Å². The third-order valence-corrected chi connectivity index (χ3v) is 4.76. The summed E-state index contributed by atoms with van der Waals surface area (Å²) in [7, 11) is 3.71. The number of likely N-dealkylation sites (N-methyl/N-ethyl adjacent to an activating group) is 1. The summed E-state index contributed by atoms with van der Waals surface area (Å²) in [5.74, 6) is 1.63. The molecule has 0 saturated heterocycles. The number of rotatable bonds is 8. The second kappa shape index (κ2) is 9.56. The van der Waals surface area contributed by atoms with Gasteiger partial charge in [0.2, 0.25) is 0 Å². The second-order valence-corrected chi connectivity index (χ2v) is 7.83. The molecule has 4 heteroatoms. The van der Waals surface area contributed by atoms with Gasteiger partial charge in [0, 0.05) is 11.3 Å². The minimum Gasteiger partial charge on any atom is -0.497 e. The summed E-state index contributed by atoms with van der Waals surface area (Å²) in [6.45, 7) is 9.87. The number of methoxy groups -OCH3 is 1. The zero-order valence-electron chi connectivity index (χ0n) is 17.4. The average molecular weight is 370 g/mol. The molecule has 0 aliphatic heterocycles. The monoisotopic (exact) mass is 369 g/mol. The van der Waals surface area contributed by atoms with Gasteiger partial charge in [0.05, 0.1) is 14.2 Å². The van der Waals surface area contributed by atoms with E-state index in [1.807, 2.05) is 31.3 Å². The van der Waals surface area contributed by atoms with Crippen LogP contribution in [-0.2, 0) is 11.3 Å². The van der Waals surface area contributed by atoms with Crippen molar-refractivity contribution in [3.05, 3.63) is 59.2 Å². The number of carbonyl (C=O) groups excluding carboxylic acids is 1. The molecular weight excluding hydrogens is 336 g/mol. The largest absolute Gasteiger partial charge is 0.497 e. The summed E-state index contributed by atoms with van der Waals surface area (Å²) in [6.07, 6.45) is 0. The van der Waals surface area contributed by atoms with E-state index in [2.05, 4.69) is 51.2 Å². The summed E-state index contributed by atoms with van der Waals surface area (Å²) < 4.78 is 5.20. The van der Waals surface area contributed by atoms with Crippen LogP contribution in [0.25, 0.3) is 0 Å². The van der Waals surface area contributed by atoms with Crippen LogP contribution < -0.4 is 15.0 Å². The molecule has 0 aliphatic rings. The number of anilines is 1. The summed E-state index contributed by atoms with van der Waals surface area (Å²) in [5.41, 5.74) is 4.57. The molecule has 1 amide bonds. The molecule has 0 heterocycles. The van der Waals surface area contributed by atoms with Crippen LogP contribution >= 0.6 is 0 Å². The minimum atomic E-state index is 0.0519. The Morgan fingerprint density at radius 1 is 1.00 bits per heavy atom. The van der Waals surface area contributed by atoms with Gasteiger partial charge in [-0.15, -0.1) is 0 Å². The first-order valence-electron chi connectivity index (χ1n) is 9.68. The lowest BCUT2D eigenvalue weighted by molar-refractivity contribution is -0.885. The number of benzene rings is 2. The van der Waals surface area contributed by atoms with Crippen molar-refractivity contribution in [2.75, 3.05) is 26.0 Å². The molecule has 0 radical (unpaired) electrons. The molecule has 2 aromatic rings. The molecule has 0 fully saturated rings. The molecular formula is C23H33N2O2+. The first-order valence-corrected chi connectivity index (χ1v) is 9.68. The average Bonchev–Trinajstić information content (AvgIpc) is 2.61. The molecule has 2 N–H and O–H groups in total. The maximum absolute atomic E-state index is 12.7. The lowest BCUT2D eigenvalue weighted by Crippen LogP contribution is -3.08. The Morgan fingerprint density at radius 3 is 2.04 bits per heavy atom. The highest BCUT2D eigenvalue weighted by Crippen LogP contribution is 2.32. The van der Waals surface area contributed by atoms with E-state index in [1.54, 1.807) is 7.11 Å². The van der Waals surface area contributed by atoms with E-state index in [-0.39, 0.29) is 5.91 Å². The van der Waals surface area contributed by atoms with Crippen molar-refractivity contribution >= 4 is 11.6 Å². The first kappa shape index (κ1) is 21.0. The van der Waals surface area contributed by atoms with Gasteiger partial charge in [0.1, 0.15) is 12.3 Å². The highest BCUT2D eigenvalue weighted by molar-refractivity contribution is 5.93. The van der Waals surface area contributed by atoms with Crippen LogP contribution in [0.5, 0.6) is 5.75 Å². The Hall–Kier alpha value is -2.33. The van der Waals surface area contributed by atoms with Crippen LogP contribution in [0.2, 0.25) is 0 Å². The van der Waals surface area contributed by atoms with Gasteiger partial charge in [0.15, 0.2) is 6.54 Å². The van der Waals surface area contributed by atoms with Crippen LogP contribution in [0.15, 0.2) is 42.5 Å². The first-order chi connectivity index (χ1) is 12.8. The Labute approximate surface area is 163 Å². The number of nitrogens with one attached hydrogen (secondary N) is 2. The van der Waals surface area contributed by atoms with Gasteiger partial charge in [-0.1, -0.05) is 45.9 Å². The number of hydrogen-bond acceptors (Lipinski definition) is 2. The molecule has 1 atom stereocenters. The van der Waals surface area contributed by atoms with Crippen molar-refractivity contribution in [3.63, 3.8) is 0 Å². The van der Waals surface area contributed by atoms with Crippen molar-refractivity contribution in [2.45, 2.75) is 46.1 Å². The van der Waals surface area contributed by atoms with E-state index in [0.717, 1.165) is 22.9 Å². The van der Waals surface area contributed by atoms with E-state index < -0.39 is 0 Å². The molecule has 0 bridgehead atoms. The van der Waals surface area contributed by atoms with Crippen molar-refractivity contribution in [2.24, 2.45) is 0 Å². The molecule has 0 aromatic heterocycles. The SMILES string of the molecule is COc1ccc(C[NH+](C)CC(=O)Nc2c(C(C)C)cccc2C(C)C)cc1. The molecule has 1 unspecified atom stereocenters. The van der Waals surface area contributed by atoms with Crippen LogP contribution in [0.1, 0.15) is 56.2 Å². The molecule has 0 aliphatic carbocycles. The third kappa shape index (κ3) is 5.83. The van der Waals surface area contributed by atoms with Gasteiger partial charge in [-0.05, 0) is 47.2 Å². The zero-order chi connectivity index (χ0) is 20.0. The fourth-order valence-corrected chi connectivity index (χ4v) is 3.31. The highest BCUT2D eigenvalue weighted by atomic mass is 16.5. The smallest absolute Gasteiger partial charge is 0.279 e. The van der Waals surface area contributed by atoms with Crippen molar-refractivity contribution < 1.29 is 14.4 Å². The summed E-state index contributed by atoms with van der Waals surface area (Å²) in [5, 5.41) is 3.20. The molecule has 2 rings (SSSR count). The minimum absolute atomic E-state index is 0.0519. The van der Waals surface area contributed by atoms with Crippen molar-refractivity contribution in [3.8, 4) is 5.75 Å². The molecule has 4 nitrogen and oxygen atoms in total. The predicted molar refractivity (Wildman–Crippen MR) is 112 cm³/mol. The predicted octanol–water partition coefficient (Wildman–Crippen LogP) is 3.60. The molecule has 146 valence electrons. The van der Waals surface area contributed by atoms with Gasteiger partial charge in [0.25, 0.3) is 5.91 Å². The molecule has 2 aromatic carbocycles. The number of quaternary nitrogens is 1. The standard InChI is InChI=1S/C23H32N2O2/c1-16(2)20-8-7-9-21(17(3)4)23(20)24-22(26)15-25(5)14-18-10-12-19(27-6)13-11-18/h7-13,16-17H,14-15H2,1-6H3,(H,24,26)/p+1. The van der Waals surface area contributed by atoms with E-state index in [4.69, 9.17) is 4.74 Å². The Kier molecular flexibility index (Phi) is 7.43. The molecule has 0 saturated carbocycles. The number of hydrogen-bond donors (Lipinski definition) is 2. The fraction of sp³-hybridized carbons (Fsp3) is 0.435. The number of para-hydroxylation sites is 1. The van der Waals surface area contributed by atoms with Crippen molar-refractivity contribution in [1.29, 1.82) is 0 Å². The molecule has 0 spiro atoms. The lowest BCUT2D eigenvalue weighted by atomic mass is 9.92. The van der Waals surface area contributed by atoms with E-state index in [0.29, 0.717) is 18.4 Å². The Bertz CT molecular complexity index is 725. The number of ether oxygens (including phenoxy) is 1. The van der Waals surface area contributed by atoms with Gasteiger partial charge >= 0.3 is 0 Å². The van der Waals surface area contributed by atoms with Crippen LogP contribution in [-0.4, -0.2) is 26.6 Å². The van der Waals surface area contributed by atoms with Crippen LogP contribution in [0.3, 0.4) is 0 Å². The van der Waals surface area contributed by atoms with Crippen molar-refractivity contribution in [1.82, 2.24) is 0 Å².